The first-order valence-corrected chi connectivity index (χ1v) is 7.82. The Morgan fingerprint density at radius 3 is 2.89 bits per heavy atom. The molecule has 0 spiro atoms. The highest BCUT2D eigenvalue weighted by molar-refractivity contribution is 9.10. The van der Waals surface area contributed by atoms with E-state index in [0.29, 0.717) is 0 Å². The molecule has 1 N–H and O–H groups in total. The summed E-state index contributed by atoms with van der Waals surface area (Å²) in [5, 5.41) is 3.41. The van der Waals surface area contributed by atoms with Gasteiger partial charge in [-0.1, -0.05) is 33.6 Å². The third-order valence-electron chi connectivity index (χ3n) is 3.71. The Kier molecular flexibility index (Phi) is 5.59. The van der Waals surface area contributed by atoms with Crippen LogP contribution in [0.3, 0.4) is 0 Å². The Morgan fingerprint density at radius 2 is 2.21 bits per heavy atom. The Labute approximate surface area is 123 Å². The quantitative estimate of drug-likeness (QED) is 0.740. The van der Waals surface area contributed by atoms with E-state index in [1.165, 1.54) is 31.7 Å². The lowest BCUT2D eigenvalue weighted by molar-refractivity contribution is 0.524. The van der Waals surface area contributed by atoms with Gasteiger partial charge in [0, 0.05) is 16.1 Å². The van der Waals surface area contributed by atoms with E-state index < -0.39 is 0 Å². The van der Waals surface area contributed by atoms with E-state index in [1.807, 2.05) is 19.1 Å². The molecule has 0 aromatic heterocycles. The molecule has 0 fully saturated rings. The fourth-order valence-electron chi connectivity index (χ4n) is 2.54. The molecule has 1 nitrogen and oxygen atoms in total. The molecule has 2 rings (SSSR count). The molecule has 3 heteroatoms. The van der Waals surface area contributed by atoms with E-state index >= 15 is 0 Å². The van der Waals surface area contributed by atoms with Gasteiger partial charge in [0.2, 0.25) is 0 Å². The van der Waals surface area contributed by atoms with Crippen molar-refractivity contribution in [2.45, 2.75) is 45.1 Å². The van der Waals surface area contributed by atoms with Crippen LogP contribution in [0.25, 0.3) is 0 Å². The summed E-state index contributed by atoms with van der Waals surface area (Å²) in [6, 6.07) is 5.31. The monoisotopic (exact) mass is 325 g/mol. The van der Waals surface area contributed by atoms with E-state index in [-0.39, 0.29) is 11.9 Å². The lowest BCUT2D eigenvalue weighted by Crippen LogP contribution is -2.21. The maximum Gasteiger partial charge on any atom is 0.129 e. The highest BCUT2D eigenvalue weighted by atomic mass is 79.9. The van der Waals surface area contributed by atoms with Crippen molar-refractivity contribution in [2.75, 3.05) is 6.54 Å². The third kappa shape index (κ3) is 4.43. The minimum absolute atomic E-state index is 0.0530. The summed E-state index contributed by atoms with van der Waals surface area (Å²) in [6.45, 7) is 2.93. The Balaban J connectivity index is 1.83. The second kappa shape index (κ2) is 7.20. The summed E-state index contributed by atoms with van der Waals surface area (Å²) >= 11 is 3.28. The average Bonchev–Trinajstić information content (AvgIpc) is 2.39. The van der Waals surface area contributed by atoms with Crippen LogP contribution >= 0.6 is 15.9 Å². The van der Waals surface area contributed by atoms with E-state index in [2.05, 4.69) is 27.3 Å². The summed E-state index contributed by atoms with van der Waals surface area (Å²) in [5.74, 6) is -0.147. The van der Waals surface area contributed by atoms with Gasteiger partial charge < -0.3 is 5.32 Å². The van der Waals surface area contributed by atoms with Crippen LogP contribution in [0.5, 0.6) is 0 Å². The minimum atomic E-state index is -0.147. The molecule has 0 aliphatic heterocycles. The standard InChI is InChI=1S/C16H21BrFN/c1-12(15-8-7-14(17)11-16(15)18)19-10-9-13-5-3-2-4-6-13/h5,7-8,11-12,19H,2-4,6,9-10H2,1H3. The summed E-state index contributed by atoms with van der Waals surface area (Å²) in [4.78, 5) is 0. The number of rotatable bonds is 5. The van der Waals surface area contributed by atoms with E-state index in [0.717, 1.165) is 23.0 Å². The van der Waals surface area contributed by atoms with Gasteiger partial charge in [0.15, 0.2) is 0 Å². The van der Waals surface area contributed by atoms with Crippen LogP contribution in [0, 0.1) is 5.82 Å². The van der Waals surface area contributed by atoms with Crippen molar-refractivity contribution in [3.05, 3.63) is 45.7 Å². The molecular formula is C16H21BrFN. The number of allylic oxidation sites excluding steroid dienone is 1. The van der Waals surface area contributed by atoms with Gasteiger partial charge in [0.25, 0.3) is 0 Å². The zero-order valence-corrected chi connectivity index (χ0v) is 13.0. The van der Waals surface area contributed by atoms with E-state index in [1.54, 1.807) is 5.57 Å². The molecule has 0 radical (unpaired) electrons. The van der Waals surface area contributed by atoms with Crippen LogP contribution in [0.1, 0.15) is 50.6 Å². The maximum atomic E-state index is 13.8. The zero-order chi connectivity index (χ0) is 13.7. The van der Waals surface area contributed by atoms with Gasteiger partial charge >= 0.3 is 0 Å². The van der Waals surface area contributed by atoms with Crippen LogP contribution < -0.4 is 5.32 Å². The molecule has 1 aliphatic rings. The summed E-state index contributed by atoms with van der Waals surface area (Å²) in [6.07, 6.45) is 8.58. The molecule has 0 saturated heterocycles. The lowest BCUT2D eigenvalue weighted by Gasteiger charge is -2.17. The van der Waals surface area contributed by atoms with Crippen molar-refractivity contribution in [3.63, 3.8) is 0 Å². The largest absolute Gasteiger partial charge is 0.310 e. The number of benzene rings is 1. The first kappa shape index (κ1) is 14.7. The van der Waals surface area contributed by atoms with Crippen molar-refractivity contribution >= 4 is 15.9 Å². The van der Waals surface area contributed by atoms with E-state index in [4.69, 9.17) is 0 Å². The summed E-state index contributed by atoms with van der Waals surface area (Å²) in [5.41, 5.74) is 2.29. The second-order valence-electron chi connectivity index (χ2n) is 5.20. The first-order chi connectivity index (χ1) is 9.16. The molecule has 0 saturated carbocycles. The first-order valence-electron chi connectivity index (χ1n) is 7.03. The van der Waals surface area contributed by atoms with Crippen molar-refractivity contribution in [2.24, 2.45) is 0 Å². The van der Waals surface area contributed by atoms with Gasteiger partial charge in [0.1, 0.15) is 5.82 Å². The molecule has 1 aromatic rings. The molecule has 0 bridgehead atoms. The topological polar surface area (TPSA) is 12.0 Å². The normalized spacial score (nSPS) is 17.1. The fourth-order valence-corrected chi connectivity index (χ4v) is 2.88. The molecule has 1 atom stereocenters. The molecule has 1 aromatic carbocycles. The van der Waals surface area contributed by atoms with Crippen LogP contribution in [0.4, 0.5) is 4.39 Å². The number of nitrogens with one attached hydrogen (secondary N) is 1. The molecule has 1 aliphatic carbocycles. The van der Waals surface area contributed by atoms with Gasteiger partial charge in [-0.3, -0.25) is 0 Å². The van der Waals surface area contributed by atoms with Crippen molar-refractivity contribution in [1.82, 2.24) is 5.32 Å². The lowest BCUT2D eigenvalue weighted by atomic mass is 9.97. The molecule has 104 valence electrons. The molecule has 0 amide bonds. The Bertz CT molecular complexity index is 456. The van der Waals surface area contributed by atoms with E-state index in [9.17, 15) is 4.39 Å². The highest BCUT2D eigenvalue weighted by Crippen LogP contribution is 2.22. The van der Waals surface area contributed by atoms with Crippen LogP contribution in [-0.4, -0.2) is 6.54 Å². The number of hydrogen-bond acceptors (Lipinski definition) is 1. The van der Waals surface area contributed by atoms with Gasteiger partial charge in [0.05, 0.1) is 0 Å². The number of hydrogen-bond donors (Lipinski definition) is 1. The summed E-state index contributed by atoms with van der Waals surface area (Å²) < 4.78 is 14.6. The Morgan fingerprint density at radius 1 is 1.37 bits per heavy atom. The van der Waals surface area contributed by atoms with Gasteiger partial charge in [-0.25, -0.2) is 4.39 Å². The number of halogens is 2. The highest BCUT2D eigenvalue weighted by Gasteiger charge is 2.11. The van der Waals surface area contributed by atoms with Gasteiger partial charge in [-0.2, -0.15) is 0 Å². The SMILES string of the molecule is CC(NCCC1=CCCCC1)c1ccc(Br)cc1F. The second-order valence-corrected chi connectivity index (χ2v) is 6.12. The van der Waals surface area contributed by atoms with Crippen molar-refractivity contribution in [3.8, 4) is 0 Å². The van der Waals surface area contributed by atoms with Crippen molar-refractivity contribution in [1.29, 1.82) is 0 Å². The maximum absolute atomic E-state index is 13.8. The zero-order valence-electron chi connectivity index (χ0n) is 11.4. The summed E-state index contributed by atoms with van der Waals surface area (Å²) in [7, 11) is 0. The van der Waals surface area contributed by atoms with Gasteiger partial charge in [-0.15, -0.1) is 0 Å². The predicted octanol–water partition coefficient (Wildman–Crippen LogP) is 5.13. The minimum Gasteiger partial charge on any atom is -0.310 e. The molecule has 0 heterocycles. The van der Waals surface area contributed by atoms with Crippen LogP contribution in [0.15, 0.2) is 34.3 Å². The van der Waals surface area contributed by atoms with Crippen LogP contribution in [0.2, 0.25) is 0 Å². The molecular weight excluding hydrogens is 305 g/mol. The fraction of sp³-hybridized carbons (Fsp3) is 0.500. The van der Waals surface area contributed by atoms with Crippen LogP contribution in [-0.2, 0) is 0 Å². The predicted molar refractivity (Wildman–Crippen MR) is 81.7 cm³/mol. The molecule has 1 unspecified atom stereocenters. The van der Waals surface area contributed by atoms with Gasteiger partial charge in [-0.05, 0) is 57.7 Å². The Hall–Kier alpha value is -0.670. The van der Waals surface area contributed by atoms with Crippen molar-refractivity contribution < 1.29 is 4.39 Å². The molecule has 19 heavy (non-hydrogen) atoms. The smallest absolute Gasteiger partial charge is 0.129 e. The average molecular weight is 326 g/mol. The third-order valence-corrected chi connectivity index (χ3v) is 4.20.